The molecular formula is C19H18N2O3. The maximum Gasteiger partial charge on any atom is 0.335 e. The molecule has 0 saturated carbocycles. The smallest absolute Gasteiger partial charge is 0.335 e. The number of carboxylic acids is 1. The number of nitrogens with one attached hydrogen (secondary N) is 1. The van der Waals surface area contributed by atoms with Gasteiger partial charge in [0.1, 0.15) is 6.42 Å². The van der Waals surface area contributed by atoms with Gasteiger partial charge in [-0.25, -0.2) is 4.79 Å². The summed E-state index contributed by atoms with van der Waals surface area (Å²) in [6, 6.07) is 16.3. The van der Waals surface area contributed by atoms with Crippen molar-refractivity contribution in [3.05, 3.63) is 65.2 Å². The van der Waals surface area contributed by atoms with Crippen molar-refractivity contribution in [2.75, 3.05) is 5.32 Å². The Morgan fingerprint density at radius 2 is 1.50 bits per heavy atom. The molecule has 2 rings (SSSR count). The summed E-state index contributed by atoms with van der Waals surface area (Å²) in [7, 11) is 0. The first-order valence-electron chi connectivity index (χ1n) is 7.66. The molecule has 0 aliphatic rings. The summed E-state index contributed by atoms with van der Waals surface area (Å²) in [5.74, 6) is -1.22. The molecule has 0 aliphatic carbocycles. The van der Waals surface area contributed by atoms with Gasteiger partial charge in [-0.1, -0.05) is 24.3 Å². The number of carbonyl (C=O) groups is 2. The first-order chi connectivity index (χ1) is 11.6. The molecule has 2 aromatic rings. The highest BCUT2D eigenvalue weighted by Crippen LogP contribution is 2.13. The molecule has 122 valence electrons. The fourth-order valence-electron chi connectivity index (χ4n) is 2.34. The molecule has 0 spiro atoms. The third-order valence-corrected chi connectivity index (χ3v) is 3.61. The van der Waals surface area contributed by atoms with E-state index in [-0.39, 0.29) is 12.3 Å². The number of amides is 1. The fourth-order valence-corrected chi connectivity index (χ4v) is 2.34. The van der Waals surface area contributed by atoms with Crippen molar-refractivity contribution in [2.45, 2.75) is 25.7 Å². The Hall–Kier alpha value is -3.13. The predicted octanol–water partition coefficient (Wildman–Crippen LogP) is 3.41. The molecule has 2 aromatic carbocycles. The molecule has 24 heavy (non-hydrogen) atoms. The fraction of sp³-hybridized carbons (Fsp3) is 0.211. The van der Waals surface area contributed by atoms with E-state index in [1.54, 1.807) is 12.1 Å². The molecule has 0 aromatic heterocycles. The molecule has 0 bridgehead atoms. The summed E-state index contributed by atoms with van der Waals surface area (Å²) in [6.45, 7) is 0. The van der Waals surface area contributed by atoms with E-state index in [1.165, 1.54) is 0 Å². The predicted molar refractivity (Wildman–Crippen MR) is 90.7 cm³/mol. The Balaban J connectivity index is 1.81. The molecule has 0 radical (unpaired) electrons. The van der Waals surface area contributed by atoms with E-state index < -0.39 is 5.97 Å². The van der Waals surface area contributed by atoms with E-state index >= 15 is 0 Å². The van der Waals surface area contributed by atoms with Crippen molar-refractivity contribution in [3.63, 3.8) is 0 Å². The Labute approximate surface area is 140 Å². The number of hydrogen-bond donors (Lipinski definition) is 2. The van der Waals surface area contributed by atoms with Crippen molar-refractivity contribution < 1.29 is 14.7 Å². The third-order valence-electron chi connectivity index (χ3n) is 3.61. The standard InChI is InChI=1S/C19H18N2O3/c20-13-12-18(22)21-17-10-6-15(7-11-17)3-1-2-14-4-8-16(9-5-14)19(23)24/h4-11H,1-3,12H2,(H,21,22)(H,23,24). The van der Waals surface area contributed by atoms with Crippen molar-refractivity contribution in [1.82, 2.24) is 0 Å². The number of carbonyl (C=O) groups excluding carboxylic acids is 1. The maximum absolute atomic E-state index is 11.3. The van der Waals surface area contributed by atoms with Crippen LogP contribution in [0.2, 0.25) is 0 Å². The number of benzene rings is 2. The highest BCUT2D eigenvalue weighted by Gasteiger charge is 2.03. The first-order valence-corrected chi connectivity index (χ1v) is 7.66. The number of rotatable bonds is 7. The Bertz CT molecular complexity index is 744. The van der Waals surface area contributed by atoms with Gasteiger partial charge in [-0.3, -0.25) is 4.79 Å². The monoisotopic (exact) mass is 322 g/mol. The molecular weight excluding hydrogens is 304 g/mol. The van der Waals surface area contributed by atoms with Gasteiger partial charge in [0, 0.05) is 5.69 Å². The van der Waals surface area contributed by atoms with Gasteiger partial charge < -0.3 is 10.4 Å². The van der Waals surface area contributed by atoms with E-state index in [9.17, 15) is 9.59 Å². The summed E-state index contributed by atoms with van der Waals surface area (Å²) >= 11 is 0. The zero-order chi connectivity index (χ0) is 17.4. The summed E-state index contributed by atoms with van der Waals surface area (Å²) in [6.07, 6.45) is 2.57. The Morgan fingerprint density at radius 3 is 2.00 bits per heavy atom. The van der Waals surface area contributed by atoms with E-state index in [2.05, 4.69) is 5.32 Å². The van der Waals surface area contributed by atoms with Gasteiger partial charge in [-0.2, -0.15) is 5.26 Å². The molecule has 0 heterocycles. The number of nitriles is 1. The summed E-state index contributed by atoms with van der Waals surface area (Å²) in [5.41, 5.74) is 3.26. The second-order valence-corrected chi connectivity index (χ2v) is 5.44. The van der Waals surface area contributed by atoms with Crippen molar-refractivity contribution in [3.8, 4) is 6.07 Å². The molecule has 0 atom stereocenters. The van der Waals surface area contributed by atoms with Gasteiger partial charge in [-0.05, 0) is 54.7 Å². The second-order valence-electron chi connectivity index (χ2n) is 5.44. The third kappa shape index (κ3) is 5.25. The van der Waals surface area contributed by atoms with Gasteiger partial charge in [-0.15, -0.1) is 0 Å². The zero-order valence-corrected chi connectivity index (χ0v) is 13.2. The topological polar surface area (TPSA) is 90.2 Å². The van der Waals surface area contributed by atoms with Crippen LogP contribution < -0.4 is 5.32 Å². The lowest BCUT2D eigenvalue weighted by Crippen LogP contribution is -2.09. The number of aryl methyl sites for hydroxylation is 2. The number of carboxylic acid groups (broad SMARTS) is 1. The van der Waals surface area contributed by atoms with Gasteiger partial charge in [0.05, 0.1) is 11.6 Å². The molecule has 0 aliphatic heterocycles. The van der Waals surface area contributed by atoms with E-state index in [1.807, 2.05) is 42.5 Å². The average molecular weight is 322 g/mol. The van der Waals surface area contributed by atoms with Gasteiger partial charge in [0.25, 0.3) is 0 Å². The number of nitrogens with zero attached hydrogens (tertiary/aromatic N) is 1. The lowest BCUT2D eigenvalue weighted by Gasteiger charge is -2.06. The summed E-state index contributed by atoms with van der Waals surface area (Å²) in [4.78, 5) is 22.1. The maximum atomic E-state index is 11.3. The minimum absolute atomic E-state index is 0.150. The molecule has 2 N–H and O–H groups in total. The average Bonchev–Trinajstić information content (AvgIpc) is 2.57. The molecule has 0 unspecified atom stereocenters. The van der Waals surface area contributed by atoms with Gasteiger partial charge in [0.2, 0.25) is 5.91 Å². The number of hydrogen-bond acceptors (Lipinski definition) is 3. The van der Waals surface area contributed by atoms with Gasteiger partial charge >= 0.3 is 5.97 Å². The zero-order valence-electron chi connectivity index (χ0n) is 13.2. The van der Waals surface area contributed by atoms with Crippen LogP contribution in [0.15, 0.2) is 48.5 Å². The SMILES string of the molecule is N#CCC(=O)Nc1ccc(CCCc2ccc(C(=O)O)cc2)cc1. The van der Waals surface area contributed by atoms with Crippen LogP contribution >= 0.6 is 0 Å². The summed E-state index contributed by atoms with van der Waals surface area (Å²) < 4.78 is 0. The van der Waals surface area contributed by atoms with Crippen LogP contribution in [0.4, 0.5) is 5.69 Å². The largest absolute Gasteiger partial charge is 0.478 e. The van der Waals surface area contributed by atoms with Crippen LogP contribution in [0.25, 0.3) is 0 Å². The number of anilines is 1. The highest BCUT2D eigenvalue weighted by molar-refractivity contribution is 5.92. The lowest BCUT2D eigenvalue weighted by molar-refractivity contribution is -0.115. The van der Waals surface area contributed by atoms with E-state index in [0.29, 0.717) is 11.3 Å². The lowest BCUT2D eigenvalue weighted by atomic mass is 10.0. The van der Waals surface area contributed by atoms with Crippen molar-refractivity contribution in [2.24, 2.45) is 0 Å². The minimum Gasteiger partial charge on any atom is -0.478 e. The van der Waals surface area contributed by atoms with E-state index in [4.69, 9.17) is 10.4 Å². The molecule has 1 amide bonds. The Morgan fingerprint density at radius 1 is 0.958 bits per heavy atom. The number of aromatic carboxylic acids is 1. The molecule has 5 nitrogen and oxygen atoms in total. The van der Waals surface area contributed by atoms with E-state index in [0.717, 1.165) is 30.4 Å². The molecule has 0 saturated heterocycles. The van der Waals surface area contributed by atoms with Crippen molar-refractivity contribution >= 4 is 17.6 Å². The Kier molecular flexibility index (Phi) is 6.09. The minimum atomic E-state index is -0.913. The summed E-state index contributed by atoms with van der Waals surface area (Å²) in [5, 5.41) is 20.0. The normalized spacial score (nSPS) is 9.96. The van der Waals surface area contributed by atoms with Gasteiger partial charge in [0.15, 0.2) is 0 Å². The quantitative estimate of drug-likeness (QED) is 0.817. The van der Waals surface area contributed by atoms with Crippen LogP contribution in [0, 0.1) is 11.3 Å². The first kappa shape index (κ1) is 17.2. The van der Waals surface area contributed by atoms with Crippen LogP contribution in [0.3, 0.4) is 0 Å². The van der Waals surface area contributed by atoms with Crippen LogP contribution in [0.5, 0.6) is 0 Å². The van der Waals surface area contributed by atoms with Crippen LogP contribution in [-0.2, 0) is 17.6 Å². The van der Waals surface area contributed by atoms with Crippen molar-refractivity contribution in [1.29, 1.82) is 5.26 Å². The second kappa shape index (κ2) is 8.49. The van der Waals surface area contributed by atoms with Crippen LogP contribution in [-0.4, -0.2) is 17.0 Å². The molecule has 0 fully saturated rings. The molecule has 5 heteroatoms. The van der Waals surface area contributed by atoms with Crippen LogP contribution in [0.1, 0.15) is 34.3 Å². The highest BCUT2D eigenvalue weighted by atomic mass is 16.4.